The Balaban J connectivity index is 1.53. The minimum atomic E-state index is -3.98. The number of piperazine rings is 1. The Hall–Kier alpha value is -2.74. The zero-order valence-corrected chi connectivity index (χ0v) is 21.9. The third kappa shape index (κ3) is 5.74. The molecule has 0 N–H and O–H groups in total. The fourth-order valence-corrected chi connectivity index (χ4v) is 5.81. The lowest BCUT2D eigenvalue weighted by atomic mass is 10.1. The number of sulfonamides is 1. The van der Waals surface area contributed by atoms with Gasteiger partial charge in [-0.25, -0.2) is 8.42 Å². The predicted octanol–water partition coefficient (Wildman–Crippen LogP) is 5.15. The van der Waals surface area contributed by atoms with Crippen LogP contribution in [0.15, 0.2) is 71.6 Å². The maximum absolute atomic E-state index is 13.5. The number of halogens is 2. The molecule has 3 aromatic carbocycles. The molecule has 1 aliphatic rings. The second-order valence-corrected chi connectivity index (χ2v) is 11.3. The number of rotatable bonds is 6. The summed E-state index contributed by atoms with van der Waals surface area (Å²) in [5.41, 5.74) is 3.61. The van der Waals surface area contributed by atoms with E-state index < -0.39 is 10.0 Å². The van der Waals surface area contributed by atoms with E-state index in [-0.39, 0.29) is 17.3 Å². The predicted molar refractivity (Wildman–Crippen MR) is 142 cm³/mol. The van der Waals surface area contributed by atoms with Crippen LogP contribution in [0.2, 0.25) is 10.0 Å². The number of carbonyl (C=O) groups excluding carboxylic acids is 1. The molecule has 0 spiro atoms. The smallest absolute Gasteiger partial charge is 0.264 e. The van der Waals surface area contributed by atoms with Gasteiger partial charge in [0.2, 0.25) is 5.91 Å². The number of aryl methyl sites for hydroxylation is 2. The van der Waals surface area contributed by atoms with E-state index in [2.05, 4.69) is 4.90 Å². The molecule has 6 nitrogen and oxygen atoms in total. The van der Waals surface area contributed by atoms with Crippen molar-refractivity contribution in [2.45, 2.75) is 18.7 Å². The van der Waals surface area contributed by atoms with E-state index in [4.69, 9.17) is 23.2 Å². The fourth-order valence-electron chi connectivity index (χ4n) is 4.10. The molecule has 3 aromatic rings. The minimum Gasteiger partial charge on any atom is -0.368 e. The van der Waals surface area contributed by atoms with Crippen LogP contribution in [0.3, 0.4) is 0 Å². The van der Waals surface area contributed by atoms with Crippen molar-refractivity contribution < 1.29 is 13.2 Å². The van der Waals surface area contributed by atoms with Gasteiger partial charge in [0.25, 0.3) is 10.0 Å². The SMILES string of the molecule is Cc1ccc(N(CC(=O)N2CCN(c3cc(Cl)ccc3C)CC2)S(=O)(=O)c2ccc(Cl)cc2)cc1. The van der Waals surface area contributed by atoms with Crippen molar-refractivity contribution in [1.29, 1.82) is 0 Å². The molecule has 0 saturated carbocycles. The van der Waals surface area contributed by atoms with Gasteiger partial charge in [-0.1, -0.05) is 47.0 Å². The highest BCUT2D eigenvalue weighted by molar-refractivity contribution is 7.92. The van der Waals surface area contributed by atoms with E-state index in [0.29, 0.717) is 41.9 Å². The average Bonchev–Trinajstić information content (AvgIpc) is 2.85. The van der Waals surface area contributed by atoms with Crippen LogP contribution in [0.4, 0.5) is 11.4 Å². The van der Waals surface area contributed by atoms with Crippen molar-refractivity contribution in [3.8, 4) is 0 Å². The van der Waals surface area contributed by atoms with Crippen LogP contribution in [0.25, 0.3) is 0 Å². The van der Waals surface area contributed by atoms with Crippen LogP contribution in [-0.4, -0.2) is 51.9 Å². The van der Waals surface area contributed by atoms with Gasteiger partial charge in [0, 0.05) is 41.9 Å². The van der Waals surface area contributed by atoms with Crippen LogP contribution in [0, 0.1) is 13.8 Å². The standard InChI is InChI=1S/C26H27Cl2N3O3S/c1-19-3-9-23(10-4-19)31(35(33,34)24-11-7-21(27)8-12-24)18-26(32)30-15-13-29(14-16-30)25-17-22(28)6-5-20(25)2/h3-12,17H,13-16,18H2,1-2H3. The number of hydrogen-bond donors (Lipinski definition) is 0. The molecule has 184 valence electrons. The zero-order chi connectivity index (χ0) is 25.2. The summed E-state index contributed by atoms with van der Waals surface area (Å²) in [6.07, 6.45) is 0. The lowest BCUT2D eigenvalue weighted by Crippen LogP contribution is -2.52. The molecule has 0 aliphatic carbocycles. The lowest BCUT2D eigenvalue weighted by Gasteiger charge is -2.37. The number of nitrogens with zero attached hydrogens (tertiary/aromatic N) is 3. The normalized spacial score (nSPS) is 14.2. The molecular weight excluding hydrogens is 505 g/mol. The van der Waals surface area contributed by atoms with Gasteiger partial charge in [0.1, 0.15) is 6.54 Å². The van der Waals surface area contributed by atoms with Gasteiger partial charge in [0.05, 0.1) is 10.6 Å². The summed E-state index contributed by atoms with van der Waals surface area (Å²) >= 11 is 12.1. The Morgan fingerprint density at radius 1 is 0.857 bits per heavy atom. The molecule has 0 unspecified atom stereocenters. The van der Waals surface area contributed by atoms with Crippen LogP contribution in [0.5, 0.6) is 0 Å². The molecule has 1 amide bonds. The average molecular weight is 532 g/mol. The highest BCUT2D eigenvalue weighted by Crippen LogP contribution is 2.27. The van der Waals surface area contributed by atoms with E-state index in [0.717, 1.165) is 16.8 Å². The summed E-state index contributed by atoms with van der Waals surface area (Å²) in [7, 11) is -3.98. The summed E-state index contributed by atoms with van der Waals surface area (Å²) in [4.78, 5) is 17.3. The van der Waals surface area contributed by atoms with Crippen LogP contribution in [0.1, 0.15) is 11.1 Å². The number of anilines is 2. The second kappa shape index (κ2) is 10.5. The summed E-state index contributed by atoms with van der Waals surface area (Å²) < 4.78 is 28.3. The minimum absolute atomic E-state index is 0.0801. The Morgan fingerprint density at radius 2 is 1.46 bits per heavy atom. The van der Waals surface area contributed by atoms with Crippen molar-refractivity contribution in [2.24, 2.45) is 0 Å². The Bertz CT molecular complexity index is 1300. The topological polar surface area (TPSA) is 60.9 Å². The number of carbonyl (C=O) groups is 1. The van der Waals surface area contributed by atoms with Gasteiger partial charge in [-0.3, -0.25) is 9.10 Å². The maximum atomic E-state index is 13.5. The molecule has 0 aromatic heterocycles. The number of amides is 1. The first-order chi connectivity index (χ1) is 16.6. The maximum Gasteiger partial charge on any atom is 0.264 e. The molecular formula is C26H27Cl2N3O3S. The van der Waals surface area contributed by atoms with Crippen molar-refractivity contribution in [2.75, 3.05) is 41.9 Å². The van der Waals surface area contributed by atoms with Gasteiger partial charge in [-0.15, -0.1) is 0 Å². The first-order valence-electron chi connectivity index (χ1n) is 11.3. The first kappa shape index (κ1) is 25.4. The third-order valence-corrected chi connectivity index (χ3v) is 8.42. The molecule has 35 heavy (non-hydrogen) atoms. The molecule has 1 saturated heterocycles. The van der Waals surface area contributed by atoms with Crippen molar-refractivity contribution in [1.82, 2.24) is 4.90 Å². The van der Waals surface area contributed by atoms with Gasteiger partial charge in [-0.2, -0.15) is 0 Å². The van der Waals surface area contributed by atoms with Crippen LogP contribution in [-0.2, 0) is 14.8 Å². The second-order valence-electron chi connectivity index (χ2n) is 8.60. The van der Waals surface area contributed by atoms with Gasteiger partial charge in [0.15, 0.2) is 0 Å². The largest absolute Gasteiger partial charge is 0.368 e. The molecule has 1 aliphatic heterocycles. The summed E-state index contributed by atoms with van der Waals surface area (Å²) in [6.45, 7) is 5.94. The third-order valence-electron chi connectivity index (χ3n) is 6.15. The molecule has 0 bridgehead atoms. The Kier molecular flexibility index (Phi) is 7.59. The number of benzene rings is 3. The first-order valence-corrected chi connectivity index (χ1v) is 13.5. The van der Waals surface area contributed by atoms with E-state index in [9.17, 15) is 13.2 Å². The Morgan fingerprint density at radius 3 is 2.09 bits per heavy atom. The monoisotopic (exact) mass is 531 g/mol. The van der Waals surface area contributed by atoms with Crippen LogP contribution < -0.4 is 9.21 Å². The van der Waals surface area contributed by atoms with Crippen molar-refractivity contribution in [3.05, 3.63) is 87.9 Å². The summed E-state index contributed by atoms with van der Waals surface area (Å²) in [6, 6.07) is 18.8. The van der Waals surface area contributed by atoms with Crippen molar-refractivity contribution >= 4 is 50.5 Å². The van der Waals surface area contributed by atoms with Gasteiger partial charge in [-0.05, 0) is 67.9 Å². The van der Waals surface area contributed by atoms with Crippen molar-refractivity contribution in [3.63, 3.8) is 0 Å². The zero-order valence-electron chi connectivity index (χ0n) is 19.6. The molecule has 1 heterocycles. The van der Waals surface area contributed by atoms with E-state index >= 15 is 0 Å². The molecule has 0 atom stereocenters. The quantitative estimate of drug-likeness (QED) is 0.441. The lowest BCUT2D eigenvalue weighted by molar-refractivity contribution is -0.129. The van der Waals surface area contributed by atoms with Crippen LogP contribution >= 0.6 is 23.2 Å². The molecule has 1 fully saturated rings. The summed E-state index contributed by atoms with van der Waals surface area (Å²) in [5.74, 6) is -0.245. The Labute approximate surface area is 216 Å². The highest BCUT2D eigenvalue weighted by atomic mass is 35.5. The van der Waals surface area contributed by atoms with E-state index in [1.165, 1.54) is 28.6 Å². The molecule has 9 heteroatoms. The van der Waals surface area contributed by atoms with Gasteiger partial charge < -0.3 is 9.80 Å². The highest BCUT2D eigenvalue weighted by Gasteiger charge is 2.30. The van der Waals surface area contributed by atoms with Gasteiger partial charge >= 0.3 is 0 Å². The molecule has 0 radical (unpaired) electrons. The molecule has 4 rings (SSSR count). The fraction of sp³-hybridized carbons (Fsp3) is 0.269. The van der Waals surface area contributed by atoms with E-state index in [1.54, 1.807) is 17.0 Å². The van der Waals surface area contributed by atoms with E-state index in [1.807, 2.05) is 44.2 Å². The number of hydrogen-bond acceptors (Lipinski definition) is 4. The summed E-state index contributed by atoms with van der Waals surface area (Å²) in [5, 5.41) is 1.11.